The maximum atomic E-state index is 12.2. The van der Waals surface area contributed by atoms with Gasteiger partial charge in [0.25, 0.3) is 0 Å². The number of carbonyl (C=O) groups excluding carboxylic acids is 1. The molecule has 0 saturated carbocycles. The minimum absolute atomic E-state index is 0.154. The molecular weight excluding hydrogens is 204 g/mol. The van der Waals surface area contributed by atoms with Crippen LogP contribution < -0.4 is 5.32 Å². The minimum Gasteiger partial charge on any atom is -0.380 e. The molecule has 0 bridgehead atoms. The van der Waals surface area contributed by atoms with Gasteiger partial charge in [0.15, 0.2) is 0 Å². The zero-order valence-corrected chi connectivity index (χ0v) is 10.7. The quantitative estimate of drug-likeness (QED) is 0.686. The average Bonchev–Trinajstić information content (AvgIpc) is 2.70. The standard InChI is InChI=1S/C12H24N2O2/c1-4-14(8-9-16-5-2)12(15)11-6-7-13-10(11)3/h10-11,13H,4-9H2,1-3H3. The molecule has 4 heteroatoms. The molecule has 1 heterocycles. The fraction of sp³-hybridized carbons (Fsp3) is 0.917. The van der Waals surface area contributed by atoms with Gasteiger partial charge in [-0.15, -0.1) is 0 Å². The third-order valence-corrected chi connectivity index (χ3v) is 3.25. The van der Waals surface area contributed by atoms with Crippen molar-refractivity contribution in [3.8, 4) is 0 Å². The lowest BCUT2D eigenvalue weighted by molar-refractivity contribution is -0.136. The van der Waals surface area contributed by atoms with Crippen LogP contribution in [0.5, 0.6) is 0 Å². The van der Waals surface area contributed by atoms with E-state index < -0.39 is 0 Å². The number of nitrogens with one attached hydrogen (secondary N) is 1. The molecule has 2 atom stereocenters. The summed E-state index contributed by atoms with van der Waals surface area (Å²) in [6.07, 6.45) is 0.963. The zero-order valence-electron chi connectivity index (χ0n) is 10.7. The fourth-order valence-corrected chi connectivity index (χ4v) is 2.17. The van der Waals surface area contributed by atoms with Gasteiger partial charge in [-0.1, -0.05) is 0 Å². The maximum Gasteiger partial charge on any atom is 0.227 e. The molecule has 1 fully saturated rings. The molecule has 16 heavy (non-hydrogen) atoms. The Morgan fingerprint density at radius 3 is 2.75 bits per heavy atom. The van der Waals surface area contributed by atoms with Crippen LogP contribution in [0.4, 0.5) is 0 Å². The summed E-state index contributed by atoms with van der Waals surface area (Å²) in [6, 6.07) is 0.314. The van der Waals surface area contributed by atoms with Crippen LogP contribution in [0.2, 0.25) is 0 Å². The van der Waals surface area contributed by atoms with E-state index in [9.17, 15) is 4.79 Å². The Balaban J connectivity index is 2.42. The van der Waals surface area contributed by atoms with Crippen molar-refractivity contribution in [2.75, 3.05) is 32.8 Å². The van der Waals surface area contributed by atoms with E-state index in [1.54, 1.807) is 0 Å². The number of hydrogen-bond donors (Lipinski definition) is 1. The smallest absolute Gasteiger partial charge is 0.227 e. The molecule has 1 aliphatic rings. The van der Waals surface area contributed by atoms with Gasteiger partial charge in [-0.3, -0.25) is 4.79 Å². The van der Waals surface area contributed by atoms with Crippen molar-refractivity contribution in [2.24, 2.45) is 5.92 Å². The normalized spacial score (nSPS) is 24.7. The van der Waals surface area contributed by atoms with Crippen LogP contribution >= 0.6 is 0 Å². The Labute approximate surface area is 98.3 Å². The highest BCUT2D eigenvalue weighted by Gasteiger charge is 2.31. The van der Waals surface area contributed by atoms with Crippen LogP contribution in [0.1, 0.15) is 27.2 Å². The number of likely N-dealkylation sites (N-methyl/N-ethyl adjacent to an activating group) is 1. The Morgan fingerprint density at radius 2 is 2.25 bits per heavy atom. The first kappa shape index (κ1) is 13.5. The molecular formula is C12H24N2O2. The lowest BCUT2D eigenvalue weighted by atomic mass is 10.0. The molecule has 1 rings (SSSR count). The van der Waals surface area contributed by atoms with Crippen LogP contribution in [0.25, 0.3) is 0 Å². The molecule has 1 saturated heterocycles. The summed E-state index contributed by atoms with van der Waals surface area (Å²) in [5.74, 6) is 0.432. The predicted molar refractivity (Wildman–Crippen MR) is 64.3 cm³/mol. The van der Waals surface area contributed by atoms with Gasteiger partial charge in [0.2, 0.25) is 5.91 Å². The van der Waals surface area contributed by atoms with E-state index >= 15 is 0 Å². The lowest BCUT2D eigenvalue weighted by Crippen LogP contribution is -2.41. The summed E-state index contributed by atoms with van der Waals surface area (Å²) in [7, 11) is 0. The number of hydrogen-bond acceptors (Lipinski definition) is 3. The third kappa shape index (κ3) is 3.46. The van der Waals surface area contributed by atoms with E-state index in [-0.39, 0.29) is 11.8 Å². The van der Waals surface area contributed by atoms with E-state index in [0.717, 1.165) is 19.5 Å². The first-order valence-corrected chi connectivity index (χ1v) is 6.30. The van der Waals surface area contributed by atoms with E-state index in [2.05, 4.69) is 12.2 Å². The van der Waals surface area contributed by atoms with Crippen LogP contribution in [0.3, 0.4) is 0 Å². The first-order chi connectivity index (χ1) is 7.70. The summed E-state index contributed by atoms with van der Waals surface area (Å²) in [5.41, 5.74) is 0. The highest BCUT2D eigenvalue weighted by atomic mass is 16.5. The summed E-state index contributed by atoms with van der Waals surface area (Å²) in [6.45, 7) is 9.89. The van der Waals surface area contributed by atoms with Gasteiger partial charge in [0.1, 0.15) is 0 Å². The molecule has 0 aromatic rings. The topological polar surface area (TPSA) is 41.6 Å². The van der Waals surface area contributed by atoms with E-state index in [1.165, 1.54) is 0 Å². The largest absolute Gasteiger partial charge is 0.380 e. The summed E-state index contributed by atoms with van der Waals surface area (Å²) in [5, 5.41) is 3.32. The SMILES string of the molecule is CCOCCN(CC)C(=O)C1CCNC1C. The fourth-order valence-electron chi connectivity index (χ4n) is 2.17. The van der Waals surface area contributed by atoms with Crippen LogP contribution in [0, 0.1) is 5.92 Å². The molecule has 1 N–H and O–H groups in total. The Hall–Kier alpha value is -0.610. The minimum atomic E-state index is 0.154. The molecule has 2 unspecified atom stereocenters. The van der Waals surface area contributed by atoms with Crippen LogP contribution in [0.15, 0.2) is 0 Å². The van der Waals surface area contributed by atoms with Crippen LogP contribution in [-0.4, -0.2) is 49.7 Å². The highest BCUT2D eigenvalue weighted by molar-refractivity contribution is 5.79. The lowest BCUT2D eigenvalue weighted by Gasteiger charge is -2.25. The second-order valence-electron chi connectivity index (χ2n) is 4.25. The zero-order chi connectivity index (χ0) is 12.0. The van der Waals surface area contributed by atoms with Gasteiger partial charge < -0.3 is 15.0 Å². The van der Waals surface area contributed by atoms with E-state index in [1.807, 2.05) is 18.7 Å². The summed E-state index contributed by atoms with van der Waals surface area (Å²) < 4.78 is 5.30. The number of ether oxygens (including phenoxy) is 1. The van der Waals surface area contributed by atoms with Crippen molar-refractivity contribution in [3.63, 3.8) is 0 Å². The Morgan fingerprint density at radius 1 is 1.50 bits per heavy atom. The van der Waals surface area contributed by atoms with Crippen molar-refractivity contribution in [3.05, 3.63) is 0 Å². The molecule has 0 spiro atoms. The number of amides is 1. The Kier molecular flexibility index (Phi) is 5.77. The van der Waals surface area contributed by atoms with E-state index in [4.69, 9.17) is 4.74 Å². The van der Waals surface area contributed by atoms with Gasteiger partial charge >= 0.3 is 0 Å². The molecule has 1 amide bonds. The van der Waals surface area contributed by atoms with Gasteiger partial charge in [-0.2, -0.15) is 0 Å². The van der Waals surface area contributed by atoms with E-state index in [0.29, 0.717) is 25.8 Å². The number of carbonyl (C=O) groups is 1. The third-order valence-electron chi connectivity index (χ3n) is 3.25. The second-order valence-corrected chi connectivity index (χ2v) is 4.25. The highest BCUT2D eigenvalue weighted by Crippen LogP contribution is 2.17. The average molecular weight is 228 g/mol. The maximum absolute atomic E-state index is 12.2. The van der Waals surface area contributed by atoms with Crippen molar-refractivity contribution >= 4 is 5.91 Å². The first-order valence-electron chi connectivity index (χ1n) is 6.30. The molecule has 4 nitrogen and oxygen atoms in total. The summed E-state index contributed by atoms with van der Waals surface area (Å²) >= 11 is 0. The number of nitrogens with zero attached hydrogens (tertiary/aromatic N) is 1. The van der Waals surface area contributed by atoms with Crippen molar-refractivity contribution in [2.45, 2.75) is 33.2 Å². The molecule has 0 aromatic heterocycles. The van der Waals surface area contributed by atoms with Crippen molar-refractivity contribution in [1.82, 2.24) is 10.2 Å². The monoisotopic (exact) mass is 228 g/mol. The molecule has 0 aliphatic carbocycles. The molecule has 1 aliphatic heterocycles. The summed E-state index contributed by atoms with van der Waals surface area (Å²) in [4.78, 5) is 14.1. The van der Waals surface area contributed by atoms with Gasteiger partial charge in [0.05, 0.1) is 12.5 Å². The second kappa shape index (κ2) is 6.86. The Bertz CT molecular complexity index is 221. The van der Waals surface area contributed by atoms with Crippen molar-refractivity contribution in [1.29, 1.82) is 0 Å². The molecule has 0 radical (unpaired) electrons. The number of rotatable bonds is 6. The van der Waals surface area contributed by atoms with Gasteiger partial charge in [-0.05, 0) is 33.7 Å². The van der Waals surface area contributed by atoms with Crippen molar-refractivity contribution < 1.29 is 9.53 Å². The van der Waals surface area contributed by atoms with Gasteiger partial charge in [0, 0.05) is 25.7 Å². The predicted octanol–water partition coefficient (Wildman–Crippen LogP) is 0.869. The molecule has 94 valence electrons. The van der Waals surface area contributed by atoms with Gasteiger partial charge in [-0.25, -0.2) is 0 Å². The van der Waals surface area contributed by atoms with Crippen LogP contribution in [-0.2, 0) is 9.53 Å². The molecule has 0 aromatic carbocycles.